The number of methoxy groups -OCH3 is 4. The minimum atomic E-state index is -0.777. The molecule has 0 saturated carbocycles. The van der Waals surface area contributed by atoms with E-state index in [4.69, 9.17) is 14.2 Å². The van der Waals surface area contributed by atoms with Crippen LogP contribution in [0.4, 0.5) is 0 Å². The van der Waals surface area contributed by atoms with Gasteiger partial charge in [-0.3, -0.25) is 4.79 Å². The highest BCUT2D eigenvalue weighted by molar-refractivity contribution is 6.00. The third kappa shape index (κ3) is 3.56. The van der Waals surface area contributed by atoms with Gasteiger partial charge in [-0.15, -0.1) is 0 Å². The third-order valence-corrected chi connectivity index (χ3v) is 2.85. The number of amides is 1. The molecule has 116 valence electrons. The van der Waals surface area contributed by atoms with Crippen LogP contribution < -0.4 is 19.5 Å². The molecule has 1 atom stereocenters. The minimum Gasteiger partial charge on any atom is -0.493 e. The molecule has 7 nitrogen and oxygen atoms in total. The van der Waals surface area contributed by atoms with Gasteiger partial charge in [-0.1, -0.05) is 0 Å². The van der Waals surface area contributed by atoms with Crippen LogP contribution in [0.25, 0.3) is 0 Å². The lowest BCUT2D eigenvalue weighted by molar-refractivity contribution is -0.142. The van der Waals surface area contributed by atoms with Crippen molar-refractivity contribution in [3.63, 3.8) is 0 Å². The van der Waals surface area contributed by atoms with Crippen molar-refractivity contribution in [2.24, 2.45) is 0 Å². The molecule has 0 spiro atoms. The highest BCUT2D eigenvalue weighted by atomic mass is 16.5. The normalized spacial score (nSPS) is 11.3. The molecule has 1 aromatic rings. The van der Waals surface area contributed by atoms with Crippen molar-refractivity contribution in [3.05, 3.63) is 17.7 Å². The Hall–Kier alpha value is -2.44. The highest BCUT2D eigenvalue weighted by Crippen LogP contribution is 2.39. The maximum Gasteiger partial charge on any atom is 0.328 e. The van der Waals surface area contributed by atoms with E-state index < -0.39 is 17.9 Å². The summed E-state index contributed by atoms with van der Waals surface area (Å²) in [4.78, 5) is 23.6. The van der Waals surface area contributed by atoms with E-state index in [0.29, 0.717) is 11.5 Å². The van der Waals surface area contributed by atoms with Crippen molar-refractivity contribution in [1.29, 1.82) is 0 Å². The number of nitrogens with one attached hydrogen (secondary N) is 1. The van der Waals surface area contributed by atoms with E-state index in [1.165, 1.54) is 41.4 Å². The van der Waals surface area contributed by atoms with E-state index in [1.54, 1.807) is 6.07 Å². The summed E-state index contributed by atoms with van der Waals surface area (Å²) in [7, 11) is 5.59. The van der Waals surface area contributed by atoms with Gasteiger partial charge in [0, 0.05) is 0 Å². The second-order valence-corrected chi connectivity index (χ2v) is 4.10. The van der Waals surface area contributed by atoms with Crippen LogP contribution in [-0.2, 0) is 9.53 Å². The molecule has 0 bridgehead atoms. The number of hydrogen-bond donors (Lipinski definition) is 1. The fourth-order valence-corrected chi connectivity index (χ4v) is 1.79. The first-order chi connectivity index (χ1) is 9.99. The molecule has 1 aromatic carbocycles. The first-order valence-electron chi connectivity index (χ1n) is 6.17. The second-order valence-electron chi connectivity index (χ2n) is 4.10. The zero-order valence-corrected chi connectivity index (χ0v) is 12.7. The summed E-state index contributed by atoms with van der Waals surface area (Å²) < 4.78 is 20.1. The summed E-state index contributed by atoms with van der Waals surface area (Å²) in [6, 6.07) is 2.33. The van der Waals surface area contributed by atoms with Crippen LogP contribution in [0.1, 0.15) is 17.3 Å². The Labute approximate surface area is 123 Å². The average molecular weight is 297 g/mol. The van der Waals surface area contributed by atoms with Crippen molar-refractivity contribution in [2.75, 3.05) is 28.4 Å². The molecule has 0 heterocycles. The fraction of sp³-hybridized carbons (Fsp3) is 0.429. The lowest BCUT2D eigenvalue weighted by Gasteiger charge is -2.17. The maximum absolute atomic E-state index is 12.2. The van der Waals surface area contributed by atoms with E-state index in [2.05, 4.69) is 10.1 Å². The van der Waals surface area contributed by atoms with Crippen LogP contribution >= 0.6 is 0 Å². The second kappa shape index (κ2) is 7.37. The topological polar surface area (TPSA) is 83.1 Å². The van der Waals surface area contributed by atoms with Crippen molar-refractivity contribution in [2.45, 2.75) is 13.0 Å². The molecular formula is C14H19NO6. The molecule has 1 rings (SSSR count). The number of carbonyl (C=O) groups is 2. The van der Waals surface area contributed by atoms with E-state index >= 15 is 0 Å². The first kappa shape index (κ1) is 16.6. The molecule has 0 aliphatic rings. The molecule has 1 unspecified atom stereocenters. The van der Waals surface area contributed by atoms with Crippen molar-refractivity contribution >= 4 is 11.9 Å². The van der Waals surface area contributed by atoms with Gasteiger partial charge in [-0.05, 0) is 19.1 Å². The van der Waals surface area contributed by atoms with Gasteiger partial charge in [0.05, 0.1) is 34.0 Å². The monoisotopic (exact) mass is 297 g/mol. The summed E-state index contributed by atoms with van der Waals surface area (Å²) in [5, 5.41) is 2.52. The lowest BCUT2D eigenvalue weighted by Crippen LogP contribution is -2.39. The van der Waals surface area contributed by atoms with Crippen LogP contribution in [-0.4, -0.2) is 46.4 Å². The van der Waals surface area contributed by atoms with Gasteiger partial charge >= 0.3 is 5.97 Å². The van der Waals surface area contributed by atoms with E-state index in [-0.39, 0.29) is 11.3 Å². The Morgan fingerprint density at radius 1 is 1.00 bits per heavy atom. The molecule has 1 N–H and O–H groups in total. The van der Waals surface area contributed by atoms with Crippen LogP contribution in [0.3, 0.4) is 0 Å². The van der Waals surface area contributed by atoms with Crippen LogP contribution in [0, 0.1) is 0 Å². The molecule has 7 heteroatoms. The van der Waals surface area contributed by atoms with Gasteiger partial charge < -0.3 is 24.3 Å². The van der Waals surface area contributed by atoms with Gasteiger partial charge in [0.15, 0.2) is 11.5 Å². The molecule has 0 saturated heterocycles. The molecule has 0 aliphatic heterocycles. The van der Waals surface area contributed by atoms with Gasteiger partial charge in [0.25, 0.3) is 5.91 Å². The number of carbonyl (C=O) groups excluding carboxylic acids is 2. The van der Waals surface area contributed by atoms with E-state index in [1.807, 2.05) is 0 Å². The van der Waals surface area contributed by atoms with E-state index in [0.717, 1.165) is 0 Å². The Morgan fingerprint density at radius 2 is 1.62 bits per heavy atom. The van der Waals surface area contributed by atoms with Crippen LogP contribution in [0.15, 0.2) is 12.1 Å². The Morgan fingerprint density at radius 3 is 2.10 bits per heavy atom. The molecule has 0 radical (unpaired) electrons. The van der Waals surface area contributed by atoms with Gasteiger partial charge in [0.2, 0.25) is 5.75 Å². The summed E-state index contributed by atoms with van der Waals surface area (Å²) >= 11 is 0. The largest absolute Gasteiger partial charge is 0.493 e. The molecule has 0 fully saturated rings. The van der Waals surface area contributed by atoms with Crippen LogP contribution in [0.5, 0.6) is 17.2 Å². The standard InChI is InChI=1S/C14H19NO6/c1-8(14(17)21-5)15-13(16)9-6-7-10(18-2)12(20-4)11(9)19-3/h6-8H,1-5H3,(H,15,16). The number of benzene rings is 1. The zero-order valence-electron chi connectivity index (χ0n) is 12.7. The Kier molecular flexibility index (Phi) is 5.83. The third-order valence-electron chi connectivity index (χ3n) is 2.85. The zero-order chi connectivity index (χ0) is 16.0. The lowest BCUT2D eigenvalue weighted by atomic mass is 10.1. The number of rotatable bonds is 6. The first-order valence-corrected chi connectivity index (χ1v) is 6.17. The molecule has 1 amide bonds. The predicted octanol–water partition coefficient (Wildman–Crippen LogP) is 1.00. The summed E-state index contributed by atoms with van der Waals surface area (Å²) in [5.41, 5.74) is 0.228. The predicted molar refractivity (Wildman–Crippen MR) is 75.0 cm³/mol. The molecule has 0 aromatic heterocycles. The SMILES string of the molecule is COC(=O)C(C)NC(=O)c1ccc(OC)c(OC)c1OC. The van der Waals surface area contributed by atoms with Crippen molar-refractivity contribution in [1.82, 2.24) is 5.32 Å². The molecule has 21 heavy (non-hydrogen) atoms. The Balaban J connectivity index is 3.12. The van der Waals surface area contributed by atoms with E-state index in [9.17, 15) is 9.59 Å². The summed E-state index contributed by atoms with van der Waals surface area (Å²) in [5.74, 6) is -0.0507. The Bertz CT molecular complexity index is 528. The quantitative estimate of drug-likeness (QED) is 0.789. The molecular weight excluding hydrogens is 278 g/mol. The number of ether oxygens (including phenoxy) is 4. The van der Waals surface area contributed by atoms with Crippen molar-refractivity contribution in [3.8, 4) is 17.2 Å². The van der Waals surface area contributed by atoms with Crippen molar-refractivity contribution < 1.29 is 28.5 Å². The smallest absolute Gasteiger partial charge is 0.328 e. The van der Waals surface area contributed by atoms with Crippen LogP contribution in [0.2, 0.25) is 0 Å². The highest BCUT2D eigenvalue weighted by Gasteiger charge is 2.23. The maximum atomic E-state index is 12.2. The minimum absolute atomic E-state index is 0.228. The molecule has 0 aliphatic carbocycles. The fourth-order valence-electron chi connectivity index (χ4n) is 1.79. The number of esters is 1. The van der Waals surface area contributed by atoms with Gasteiger partial charge in [-0.2, -0.15) is 0 Å². The summed E-state index contributed by atoms with van der Waals surface area (Å²) in [6.07, 6.45) is 0. The number of hydrogen-bond acceptors (Lipinski definition) is 6. The van der Waals surface area contributed by atoms with Gasteiger partial charge in [-0.25, -0.2) is 4.79 Å². The average Bonchev–Trinajstić information content (AvgIpc) is 2.51. The van der Waals surface area contributed by atoms with Gasteiger partial charge in [0.1, 0.15) is 6.04 Å². The summed E-state index contributed by atoms with van der Waals surface area (Å²) in [6.45, 7) is 1.52.